The Morgan fingerprint density at radius 3 is 2.52 bits per heavy atom. The fourth-order valence-corrected chi connectivity index (χ4v) is 1.83. The van der Waals surface area contributed by atoms with Gasteiger partial charge in [0.25, 0.3) is 11.6 Å². The van der Waals surface area contributed by atoms with Crippen molar-refractivity contribution < 1.29 is 28.4 Å². The SMILES string of the molecule is O=C(NC(CC(F)F)C(=O)O)c1ccc(Br)cc1[N+](=O)[O-]. The standard InChI is InChI=1S/C11H9BrF2N2O5/c12-5-1-2-6(8(3-5)16(20)21)10(17)15-7(11(18)19)4-9(13)14/h1-3,7,9H,4H2,(H,15,17)(H,18,19). The number of nitro groups is 1. The van der Waals surface area contributed by atoms with E-state index in [9.17, 15) is 28.5 Å². The van der Waals surface area contributed by atoms with Crippen LogP contribution in [0.2, 0.25) is 0 Å². The minimum atomic E-state index is -2.94. The number of alkyl halides is 2. The smallest absolute Gasteiger partial charge is 0.326 e. The molecular weight excluding hydrogens is 358 g/mol. The van der Waals surface area contributed by atoms with Gasteiger partial charge in [-0.15, -0.1) is 0 Å². The molecule has 21 heavy (non-hydrogen) atoms. The molecule has 1 unspecified atom stereocenters. The number of nitro benzene ring substituents is 1. The van der Waals surface area contributed by atoms with E-state index in [4.69, 9.17) is 5.11 Å². The van der Waals surface area contributed by atoms with E-state index in [1.165, 1.54) is 6.07 Å². The van der Waals surface area contributed by atoms with Crippen LogP contribution in [0.25, 0.3) is 0 Å². The lowest BCUT2D eigenvalue weighted by atomic mass is 10.1. The normalized spacial score (nSPS) is 12.0. The Morgan fingerprint density at radius 2 is 2.05 bits per heavy atom. The Labute approximate surface area is 125 Å². The highest BCUT2D eigenvalue weighted by Gasteiger charge is 2.27. The minimum absolute atomic E-state index is 0.341. The summed E-state index contributed by atoms with van der Waals surface area (Å²) in [6, 6.07) is 1.65. The number of benzene rings is 1. The number of amides is 1. The van der Waals surface area contributed by atoms with E-state index in [0.717, 1.165) is 12.1 Å². The van der Waals surface area contributed by atoms with Gasteiger partial charge < -0.3 is 10.4 Å². The largest absolute Gasteiger partial charge is 0.480 e. The van der Waals surface area contributed by atoms with Gasteiger partial charge in [-0.1, -0.05) is 15.9 Å². The molecule has 0 aliphatic carbocycles. The molecule has 0 aromatic heterocycles. The molecule has 0 fully saturated rings. The van der Waals surface area contributed by atoms with Gasteiger partial charge in [-0.3, -0.25) is 14.9 Å². The summed E-state index contributed by atoms with van der Waals surface area (Å²) in [5, 5.41) is 21.4. The molecule has 0 radical (unpaired) electrons. The van der Waals surface area contributed by atoms with Crippen LogP contribution in [0.1, 0.15) is 16.8 Å². The molecule has 0 aliphatic rings. The van der Waals surface area contributed by atoms with E-state index in [1.54, 1.807) is 0 Å². The molecule has 0 bridgehead atoms. The van der Waals surface area contributed by atoms with Gasteiger partial charge in [0.1, 0.15) is 11.6 Å². The van der Waals surface area contributed by atoms with Crippen LogP contribution in [-0.2, 0) is 4.79 Å². The molecule has 0 spiro atoms. The van der Waals surface area contributed by atoms with Crippen LogP contribution in [0.5, 0.6) is 0 Å². The molecular formula is C11H9BrF2N2O5. The van der Waals surface area contributed by atoms with Crippen molar-refractivity contribution >= 4 is 33.5 Å². The average Bonchev–Trinajstić information content (AvgIpc) is 2.36. The predicted molar refractivity (Wildman–Crippen MR) is 70.3 cm³/mol. The van der Waals surface area contributed by atoms with Gasteiger partial charge in [-0.25, -0.2) is 13.6 Å². The number of nitrogens with one attached hydrogen (secondary N) is 1. The van der Waals surface area contributed by atoms with Crippen LogP contribution in [0, 0.1) is 10.1 Å². The first-order chi connectivity index (χ1) is 9.72. The summed E-state index contributed by atoms with van der Waals surface area (Å²) in [6.07, 6.45) is -4.03. The molecule has 1 aromatic carbocycles. The van der Waals surface area contributed by atoms with Crippen molar-refractivity contribution in [2.45, 2.75) is 18.9 Å². The number of rotatable bonds is 6. The summed E-state index contributed by atoms with van der Waals surface area (Å²) in [5.74, 6) is -2.76. The van der Waals surface area contributed by atoms with Gasteiger partial charge in [0.05, 0.1) is 4.92 Å². The van der Waals surface area contributed by atoms with Crippen LogP contribution in [-0.4, -0.2) is 34.4 Å². The molecule has 7 nitrogen and oxygen atoms in total. The Hall–Kier alpha value is -2.10. The monoisotopic (exact) mass is 366 g/mol. The second-order valence-corrected chi connectivity index (χ2v) is 4.83. The van der Waals surface area contributed by atoms with Crippen molar-refractivity contribution in [1.29, 1.82) is 0 Å². The Morgan fingerprint density at radius 1 is 1.43 bits per heavy atom. The number of nitrogens with zero attached hydrogens (tertiary/aromatic N) is 1. The first-order valence-electron chi connectivity index (χ1n) is 5.48. The molecule has 1 amide bonds. The molecule has 0 heterocycles. The second kappa shape index (κ2) is 7.07. The minimum Gasteiger partial charge on any atom is -0.480 e. The predicted octanol–water partition coefficient (Wildman–Crippen LogP) is 2.20. The van der Waals surface area contributed by atoms with Crippen molar-refractivity contribution in [3.63, 3.8) is 0 Å². The fourth-order valence-electron chi connectivity index (χ4n) is 1.48. The zero-order valence-electron chi connectivity index (χ0n) is 10.3. The van der Waals surface area contributed by atoms with Crippen LogP contribution in [0.4, 0.5) is 14.5 Å². The van der Waals surface area contributed by atoms with Gasteiger partial charge in [0, 0.05) is 17.0 Å². The van der Waals surface area contributed by atoms with Crippen molar-refractivity contribution in [2.24, 2.45) is 0 Å². The van der Waals surface area contributed by atoms with Crippen molar-refractivity contribution in [1.82, 2.24) is 5.32 Å². The lowest BCUT2D eigenvalue weighted by Crippen LogP contribution is -2.42. The van der Waals surface area contributed by atoms with Crippen molar-refractivity contribution in [3.05, 3.63) is 38.3 Å². The third-order valence-electron chi connectivity index (χ3n) is 2.42. The third kappa shape index (κ3) is 4.74. The second-order valence-electron chi connectivity index (χ2n) is 3.91. The highest BCUT2D eigenvalue weighted by atomic mass is 79.9. The van der Waals surface area contributed by atoms with E-state index in [-0.39, 0.29) is 0 Å². The lowest BCUT2D eigenvalue weighted by molar-refractivity contribution is -0.385. The summed E-state index contributed by atoms with van der Waals surface area (Å²) in [7, 11) is 0. The maximum absolute atomic E-state index is 12.2. The average molecular weight is 367 g/mol. The molecule has 1 aromatic rings. The number of halogens is 3. The summed E-state index contributed by atoms with van der Waals surface area (Å²) < 4.78 is 24.8. The summed E-state index contributed by atoms with van der Waals surface area (Å²) in [5.41, 5.74) is -0.980. The molecule has 0 saturated carbocycles. The van der Waals surface area contributed by atoms with Gasteiger partial charge in [-0.05, 0) is 12.1 Å². The summed E-state index contributed by atoms with van der Waals surface area (Å²) in [4.78, 5) is 32.6. The number of carbonyl (C=O) groups is 2. The van der Waals surface area contributed by atoms with Crippen molar-refractivity contribution in [3.8, 4) is 0 Å². The van der Waals surface area contributed by atoms with E-state index in [0.29, 0.717) is 4.47 Å². The zero-order chi connectivity index (χ0) is 16.2. The molecule has 1 atom stereocenters. The molecule has 10 heteroatoms. The van der Waals surface area contributed by atoms with E-state index in [1.807, 2.05) is 5.32 Å². The molecule has 2 N–H and O–H groups in total. The van der Waals surface area contributed by atoms with E-state index >= 15 is 0 Å². The Balaban J connectivity index is 3.03. The van der Waals surface area contributed by atoms with Crippen LogP contribution in [0.3, 0.4) is 0 Å². The van der Waals surface area contributed by atoms with Gasteiger partial charge >= 0.3 is 5.97 Å². The van der Waals surface area contributed by atoms with Gasteiger partial charge in [0.15, 0.2) is 0 Å². The maximum atomic E-state index is 12.2. The highest BCUT2D eigenvalue weighted by Crippen LogP contribution is 2.23. The topological polar surface area (TPSA) is 110 Å². The number of hydrogen-bond acceptors (Lipinski definition) is 4. The number of hydrogen-bond donors (Lipinski definition) is 2. The third-order valence-corrected chi connectivity index (χ3v) is 2.91. The number of carbonyl (C=O) groups excluding carboxylic acids is 1. The van der Waals surface area contributed by atoms with Crippen LogP contribution < -0.4 is 5.32 Å². The van der Waals surface area contributed by atoms with E-state index in [2.05, 4.69) is 15.9 Å². The van der Waals surface area contributed by atoms with E-state index < -0.39 is 46.9 Å². The zero-order valence-corrected chi connectivity index (χ0v) is 11.8. The molecule has 114 valence electrons. The Bertz CT molecular complexity index is 582. The van der Waals surface area contributed by atoms with Crippen molar-refractivity contribution in [2.75, 3.05) is 0 Å². The summed E-state index contributed by atoms with van der Waals surface area (Å²) >= 11 is 2.99. The van der Waals surface area contributed by atoms with Gasteiger partial charge in [-0.2, -0.15) is 0 Å². The van der Waals surface area contributed by atoms with Crippen LogP contribution >= 0.6 is 15.9 Å². The molecule has 1 rings (SSSR count). The first-order valence-corrected chi connectivity index (χ1v) is 6.27. The summed E-state index contributed by atoms with van der Waals surface area (Å²) in [6.45, 7) is 0. The highest BCUT2D eigenvalue weighted by molar-refractivity contribution is 9.10. The lowest BCUT2D eigenvalue weighted by Gasteiger charge is -2.14. The van der Waals surface area contributed by atoms with Gasteiger partial charge in [0.2, 0.25) is 6.43 Å². The molecule has 0 aliphatic heterocycles. The first kappa shape index (κ1) is 17.0. The maximum Gasteiger partial charge on any atom is 0.326 e. The number of aliphatic carboxylic acids is 1. The molecule has 0 saturated heterocycles. The Kier molecular flexibility index (Phi) is 5.70. The quantitative estimate of drug-likeness (QED) is 0.592. The number of carboxylic acid groups (broad SMARTS) is 1. The number of carboxylic acids is 1. The van der Waals surface area contributed by atoms with Crippen LogP contribution in [0.15, 0.2) is 22.7 Å². The fraction of sp³-hybridized carbons (Fsp3) is 0.273.